The van der Waals surface area contributed by atoms with E-state index in [1.54, 1.807) is 0 Å². The molecule has 1 heterocycles. The second-order valence-corrected chi connectivity index (χ2v) is 4.23. The number of rotatable bonds is 0. The van der Waals surface area contributed by atoms with Crippen LogP contribution in [0.4, 0.5) is 0 Å². The Morgan fingerprint density at radius 3 is 2.46 bits per heavy atom. The summed E-state index contributed by atoms with van der Waals surface area (Å²) in [4.78, 5) is 0. The first-order chi connectivity index (χ1) is 6.37. The van der Waals surface area contributed by atoms with Gasteiger partial charge in [-0.2, -0.15) is 5.26 Å². The van der Waals surface area contributed by atoms with Crippen molar-refractivity contribution in [2.24, 2.45) is 0 Å². The second-order valence-electron chi connectivity index (χ2n) is 4.23. The van der Waals surface area contributed by atoms with Crippen LogP contribution in [0.3, 0.4) is 0 Å². The van der Waals surface area contributed by atoms with Crippen molar-refractivity contribution in [3.8, 4) is 6.19 Å². The van der Waals surface area contributed by atoms with Crippen LogP contribution in [0.1, 0.15) is 44.9 Å². The fraction of sp³-hybridized carbons (Fsp3) is 0.900. The van der Waals surface area contributed by atoms with E-state index in [1.165, 1.54) is 44.9 Å². The van der Waals surface area contributed by atoms with Gasteiger partial charge in [-0.05, 0) is 25.7 Å². The highest BCUT2D eigenvalue weighted by Crippen LogP contribution is 2.37. The van der Waals surface area contributed by atoms with Gasteiger partial charge in [-0.1, -0.05) is 19.3 Å². The van der Waals surface area contributed by atoms with Gasteiger partial charge in [0.25, 0.3) is 0 Å². The average molecular weight is 179 g/mol. The summed E-state index contributed by atoms with van der Waals surface area (Å²) < 4.78 is 0. The number of nitrogens with one attached hydrogen (secondary N) is 1. The number of hydrogen-bond donors (Lipinski definition) is 1. The Morgan fingerprint density at radius 1 is 1.08 bits per heavy atom. The van der Waals surface area contributed by atoms with Crippen molar-refractivity contribution in [1.82, 2.24) is 10.4 Å². The van der Waals surface area contributed by atoms with Crippen LogP contribution in [0.25, 0.3) is 0 Å². The third-order valence-corrected chi connectivity index (χ3v) is 3.45. The maximum atomic E-state index is 9.02. The lowest BCUT2D eigenvalue weighted by molar-refractivity contribution is 0.0219. The average Bonchev–Trinajstić information content (AvgIpc) is 2.20. The molecule has 0 aromatic rings. The van der Waals surface area contributed by atoms with Gasteiger partial charge in [0, 0.05) is 6.54 Å². The molecule has 72 valence electrons. The number of nitrogens with zero attached hydrogens (tertiary/aromatic N) is 2. The largest absolute Gasteiger partial charge is 0.239 e. The number of hydrogen-bond acceptors (Lipinski definition) is 3. The van der Waals surface area contributed by atoms with Gasteiger partial charge in [0.15, 0.2) is 6.19 Å². The van der Waals surface area contributed by atoms with Crippen LogP contribution in [0.2, 0.25) is 0 Å². The highest BCUT2D eigenvalue weighted by Gasteiger charge is 2.39. The third kappa shape index (κ3) is 1.51. The Balaban J connectivity index is 2.11. The van der Waals surface area contributed by atoms with Crippen molar-refractivity contribution in [3.05, 3.63) is 0 Å². The van der Waals surface area contributed by atoms with E-state index in [-0.39, 0.29) is 5.54 Å². The molecule has 2 fully saturated rings. The van der Waals surface area contributed by atoms with Gasteiger partial charge in [0.1, 0.15) is 0 Å². The summed E-state index contributed by atoms with van der Waals surface area (Å²) >= 11 is 0. The molecule has 13 heavy (non-hydrogen) atoms. The second kappa shape index (κ2) is 3.55. The molecule has 0 amide bonds. The molecule has 1 aliphatic heterocycles. The van der Waals surface area contributed by atoms with Gasteiger partial charge in [-0.15, -0.1) is 0 Å². The highest BCUT2D eigenvalue weighted by molar-refractivity contribution is 4.98. The zero-order valence-corrected chi connectivity index (χ0v) is 8.05. The summed E-state index contributed by atoms with van der Waals surface area (Å²) in [6.45, 7) is 0.968. The lowest BCUT2D eigenvalue weighted by Gasteiger charge is -2.46. The van der Waals surface area contributed by atoms with E-state index in [4.69, 9.17) is 5.26 Å². The molecule has 1 saturated heterocycles. The van der Waals surface area contributed by atoms with E-state index >= 15 is 0 Å². The predicted molar refractivity (Wildman–Crippen MR) is 50.5 cm³/mol. The van der Waals surface area contributed by atoms with Gasteiger partial charge in [0.05, 0.1) is 5.54 Å². The lowest BCUT2D eigenvalue weighted by Crippen LogP contribution is -2.57. The molecule has 1 spiro atoms. The van der Waals surface area contributed by atoms with Crippen LogP contribution in [0.5, 0.6) is 0 Å². The summed E-state index contributed by atoms with van der Waals surface area (Å²) in [5.74, 6) is 0. The summed E-state index contributed by atoms with van der Waals surface area (Å²) in [6.07, 6.45) is 11.0. The molecule has 1 saturated carbocycles. The standard InChI is InChI=1S/C10H17N3/c11-9-13-10(7-4-8-12-13)5-2-1-3-6-10/h12H,1-8H2. The highest BCUT2D eigenvalue weighted by atomic mass is 15.5. The predicted octanol–water partition coefficient (Wildman–Crippen LogP) is 1.77. The maximum absolute atomic E-state index is 9.02. The van der Waals surface area contributed by atoms with Gasteiger partial charge >= 0.3 is 0 Å². The van der Waals surface area contributed by atoms with Crippen LogP contribution >= 0.6 is 0 Å². The normalized spacial score (nSPS) is 27.2. The molecule has 0 radical (unpaired) electrons. The Kier molecular flexibility index (Phi) is 2.41. The summed E-state index contributed by atoms with van der Waals surface area (Å²) in [5.41, 5.74) is 3.39. The van der Waals surface area contributed by atoms with E-state index < -0.39 is 0 Å². The van der Waals surface area contributed by atoms with Gasteiger partial charge in [-0.25, -0.2) is 10.4 Å². The van der Waals surface area contributed by atoms with Crippen LogP contribution in [-0.4, -0.2) is 17.1 Å². The fourth-order valence-electron chi connectivity index (χ4n) is 2.71. The van der Waals surface area contributed by atoms with Crippen LogP contribution < -0.4 is 5.43 Å². The zero-order valence-electron chi connectivity index (χ0n) is 8.05. The van der Waals surface area contributed by atoms with Crippen LogP contribution in [0.15, 0.2) is 0 Å². The zero-order chi connectivity index (χ0) is 9.15. The van der Waals surface area contributed by atoms with E-state index in [0.29, 0.717) is 0 Å². The van der Waals surface area contributed by atoms with E-state index in [2.05, 4.69) is 11.6 Å². The smallest absolute Gasteiger partial charge is 0.195 e. The molecule has 0 aromatic heterocycles. The fourth-order valence-corrected chi connectivity index (χ4v) is 2.71. The first kappa shape index (κ1) is 8.83. The van der Waals surface area contributed by atoms with Crippen molar-refractivity contribution < 1.29 is 0 Å². The molecule has 2 aliphatic rings. The van der Waals surface area contributed by atoms with E-state index in [0.717, 1.165) is 6.54 Å². The SMILES string of the molecule is N#CN1NCCCC12CCCCC2. The van der Waals surface area contributed by atoms with Crippen LogP contribution in [-0.2, 0) is 0 Å². The first-order valence-electron chi connectivity index (χ1n) is 5.31. The molecule has 0 bridgehead atoms. The van der Waals surface area contributed by atoms with Crippen molar-refractivity contribution >= 4 is 0 Å². The summed E-state index contributed by atoms with van der Waals surface area (Å²) in [7, 11) is 0. The van der Waals surface area contributed by atoms with Gasteiger partial charge < -0.3 is 0 Å². The minimum atomic E-state index is 0.186. The molecule has 0 unspecified atom stereocenters. The van der Waals surface area contributed by atoms with Crippen LogP contribution in [0, 0.1) is 11.5 Å². The molecular formula is C10H17N3. The summed E-state index contributed by atoms with van der Waals surface area (Å²) in [6, 6.07) is 0. The number of hydrazine groups is 1. The molecular weight excluding hydrogens is 162 g/mol. The molecule has 0 aromatic carbocycles. The minimum absolute atomic E-state index is 0.186. The topological polar surface area (TPSA) is 39.1 Å². The Labute approximate surface area is 79.7 Å². The molecule has 3 heteroatoms. The molecule has 1 aliphatic carbocycles. The van der Waals surface area contributed by atoms with Crippen molar-refractivity contribution in [3.63, 3.8) is 0 Å². The van der Waals surface area contributed by atoms with Crippen molar-refractivity contribution in [1.29, 1.82) is 5.26 Å². The Hall–Kier alpha value is -0.750. The van der Waals surface area contributed by atoms with Crippen molar-refractivity contribution in [2.75, 3.05) is 6.54 Å². The lowest BCUT2D eigenvalue weighted by atomic mass is 9.77. The molecule has 1 N–H and O–H groups in total. The van der Waals surface area contributed by atoms with E-state index in [1.807, 2.05) is 5.01 Å². The minimum Gasteiger partial charge on any atom is -0.239 e. The van der Waals surface area contributed by atoms with E-state index in [9.17, 15) is 0 Å². The Morgan fingerprint density at radius 2 is 1.77 bits per heavy atom. The van der Waals surface area contributed by atoms with Crippen molar-refractivity contribution in [2.45, 2.75) is 50.5 Å². The molecule has 2 rings (SSSR count). The van der Waals surface area contributed by atoms with Gasteiger partial charge in [-0.3, -0.25) is 0 Å². The molecule has 3 nitrogen and oxygen atoms in total. The molecule has 0 atom stereocenters. The number of nitriles is 1. The third-order valence-electron chi connectivity index (χ3n) is 3.45. The summed E-state index contributed by atoms with van der Waals surface area (Å²) in [5, 5.41) is 10.9. The first-order valence-corrected chi connectivity index (χ1v) is 5.31. The maximum Gasteiger partial charge on any atom is 0.195 e. The Bertz CT molecular complexity index is 204. The monoisotopic (exact) mass is 179 g/mol. The quantitative estimate of drug-likeness (QED) is 0.576. The van der Waals surface area contributed by atoms with Gasteiger partial charge in [0.2, 0.25) is 0 Å².